The molecular formula is C15H23FN2. The number of hydrogen-bond donors (Lipinski definition) is 1. The van der Waals surface area contributed by atoms with Gasteiger partial charge in [-0.25, -0.2) is 4.39 Å². The monoisotopic (exact) mass is 250 g/mol. The SMILES string of the molecule is C[C@H](N)c1cccc(F)c1N(C)CC1CCCC1. The lowest BCUT2D eigenvalue weighted by atomic mass is 10.0. The molecule has 2 N–H and O–H groups in total. The van der Waals surface area contributed by atoms with Crippen LogP contribution in [0.25, 0.3) is 0 Å². The third-order valence-corrected chi connectivity index (χ3v) is 3.90. The maximum absolute atomic E-state index is 14.0. The van der Waals surface area contributed by atoms with Crippen molar-refractivity contribution in [2.75, 3.05) is 18.5 Å². The van der Waals surface area contributed by atoms with Gasteiger partial charge in [0, 0.05) is 19.6 Å². The minimum atomic E-state index is -0.162. The van der Waals surface area contributed by atoms with Crippen LogP contribution in [-0.2, 0) is 0 Å². The van der Waals surface area contributed by atoms with Gasteiger partial charge in [0.25, 0.3) is 0 Å². The predicted molar refractivity (Wildman–Crippen MR) is 74.2 cm³/mol. The zero-order chi connectivity index (χ0) is 13.1. The normalized spacial score (nSPS) is 18.0. The maximum Gasteiger partial charge on any atom is 0.146 e. The van der Waals surface area contributed by atoms with Crippen LogP contribution in [0.5, 0.6) is 0 Å². The lowest BCUT2D eigenvalue weighted by Gasteiger charge is -2.27. The lowest BCUT2D eigenvalue weighted by molar-refractivity contribution is 0.536. The first-order valence-corrected chi connectivity index (χ1v) is 6.84. The molecule has 0 aromatic heterocycles. The van der Waals surface area contributed by atoms with Crippen LogP contribution in [0.3, 0.4) is 0 Å². The molecule has 1 aliphatic rings. The van der Waals surface area contributed by atoms with Crippen molar-refractivity contribution in [2.24, 2.45) is 11.7 Å². The number of nitrogens with two attached hydrogens (primary N) is 1. The fraction of sp³-hybridized carbons (Fsp3) is 0.600. The van der Waals surface area contributed by atoms with E-state index in [1.54, 1.807) is 6.07 Å². The molecular weight excluding hydrogens is 227 g/mol. The summed E-state index contributed by atoms with van der Waals surface area (Å²) in [7, 11) is 1.97. The van der Waals surface area contributed by atoms with Crippen LogP contribution in [0.4, 0.5) is 10.1 Å². The van der Waals surface area contributed by atoms with Crippen molar-refractivity contribution in [3.63, 3.8) is 0 Å². The molecule has 0 unspecified atom stereocenters. The van der Waals surface area contributed by atoms with Crippen molar-refractivity contribution < 1.29 is 4.39 Å². The van der Waals surface area contributed by atoms with Gasteiger partial charge in [-0.05, 0) is 37.3 Å². The summed E-state index contributed by atoms with van der Waals surface area (Å²) in [6.45, 7) is 2.84. The second-order valence-corrected chi connectivity index (χ2v) is 5.50. The smallest absolute Gasteiger partial charge is 0.146 e. The average molecular weight is 250 g/mol. The summed E-state index contributed by atoms with van der Waals surface area (Å²) >= 11 is 0. The van der Waals surface area contributed by atoms with Crippen molar-refractivity contribution in [3.8, 4) is 0 Å². The van der Waals surface area contributed by atoms with E-state index in [0.717, 1.165) is 12.1 Å². The third-order valence-electron chi connectivity index (χ3n) is 3.90. The Morgan fingerprint density at radius 3 is 2.67 bits per heavy atom. The van der Waals surface area contributed by atoms with Crippen molar-refractivity contribution >= 4 is 5.69 Å². The first-order valence-electron chi connectivity index (χ1n) is 6.84. The minimum absolute atomic E-state index is 0.137. The fourth-order valence-corrected chi connectivity index (χ4v) is 2.97. The van der Waals surface area contributed by atoms with Crippen molar-refractivity contribution in [1.82, 2.24) is 0 Å². The van der Waals surface area contributed by atoms with Gasteiger partial charge in [-0.3, -0.25) is 0 Å². The number of benzene rings is 1. The van der Waals surface area contributed by atoms with E-state index in [0.29, 0.717) is 11.6 Å². The predicted octanol–water partition coefficient (Wildman–Crippen LogP) is 3.47. The van der Waals surface area contributed by atoms with Crippen LogP contribution < -0.4 is 10.6 Å². The molecule has 1 atom stereocenters. The van der Waals surface area contributed by atoms with E-state index in [1.165, 1.54) is 31.7 Å². The second kappa shape index (κ2) is 5.70. The fourth-order valence-electron chi connectivity index (χ4n) is 2.97. The average Bonchev–Trinajstić information content (AvgIpc) is 2.81. The third kappa shape index (κ3) is 2.83. The molecule has 0 aliphatic heterocycles. The van der Waals surface area contributed by atoms with Gasteiger partial charge >= 0.3 is 0 Å². The van der Waals surface area contributed by atoms with Gasteiger partial charge in [0.2, 0.25) is 0 Å². The Morgan fingerprint density at radius 1 is 1.39 bits per heavy atom. The quantitative estimate of drug-likeness (QED) is 0.886. The molecule has 2 nitrogen and oxygen atoms in total. The van der Waals surface area contributed by atoms with E-state index in [4.69, 9.17) is 5.73 Å². The molecule has 0 amide bonds. The summed E-state index contributed by atoms with van der Waals surface area (Å²) in [4.78, 5) is 2.05. The standard InChI is InChI=1S/C15H23FN2/c1-11(17)13-8-5-9-14(16)15(13)18(2)10-12-6-3-4-7-12/h5,8-9,11-12H,3-4,6-7,10,17H2,1-2H3/t11-/m0/s1. The molecule has 0 saturated heterocycles. The number of para-hydroxylation sites is 1. The van der Waals surface area contributed by atoms with Crippen molar-refractivity contribution in [1.29, 1.82) is 0 Å². The van der Waals surface area contributed by atoms with Crippen molar-refractivity contribution in [2.45, 2.75) is 38.6 Å². The molecule has 100 valence electrons. The van der Waals surface area contributed by atoms with E-state index in [9.17, 15) is 4.39 Å². The number of nitrogens with zero attached hydrogens (tertiary/aromatic N) is 1. The summed E-state index contributed by atoms with van der Waals surface area (Å²) in [6, 6.07) is 5.04. The number of rotatable bonds is 4. The second-order valence-electron chi connectivity index (χ2n) is 5.50. The number of halogens is 1. The summed E-state index contributed by atoms with van der Waals surface area (Å²) in [5.41, 5.74) is 7.51. The van der Waals surface area contributed by atoms with Crippen LogP contribution in [0.15, 0.2) is 18.2 Å². The van der Waals surface area contributed by atoms with Gasteiger partial charge in [0.1, 0.15) is 5.82 Å². The summed E-state index contributed by atoms with van der Waals surface area (Å²) < 4.78 is 14.0. The topological polar surface area (TPSA) is 29.3 Å². The highest BCUT2D eigenvalue weighted by Gasteiger charge is 2.21. The first-order chi connectivity index (χ1) is 8.59. The molecule has 0 heterocycles. The molecule has 18 heavy (non-hydrogen) atoms. The lowest BCUT2D eigenvalue weighted by Crippen LogP contribution is -2.27. The maximum atomic E-state index is 14.0. The van der Waals surface area contributed by atoms with E-state index in [2.05, 4.69) is 0 Å². The van der Waals surface area contributed by atoms with Crippen LogP contribution in [0, 0.1) is 11.7 Å². The van der Waals surface area contributed by atoms with E-state index < -0.39 is 0 Å². The molecule has 3 heteroatoms. The molecule has 0 radical (unpaired) electrons. The number of anilines is 1. The zero-order valence-electron chi connectivity index (χ0n) is 11.3. The molecule has 1 saturated carbocycles. The van der Waals surface area contributed by atoms with Crippen LogP contribution in [0.2, 0.25) is 0 Å². The molecule has 1 fully saturated rings. The van der Waals surface area contributed by atoms with Crippen LogP contribution >= 0.6 is 0 Å². The Kier molecular flexibility index (Phi) is 4.23. The van der Waals surface area contributed by atoms with E-state index in [1.807, 2.05) is 24.9 Å². The Bertz CT molecular complexity index is 397. The molecule has 2 rings (SSSR count). The highest BCUT2D eigenvalue weighted by molar-refractivity contribution is 5.55. The largest absolute Gasteiger partial charge is 0.372 e. The molecule has 0 spiro atoms. The van der Waals surface area contributed by atoms with Crippen LogP contribution in [-0.4, -0.2) is 13.6 Å². The molecule has 1 aromatic rings. The Labute approximate surface area is 109 Å². The van der Waals surface area contributed by atoms with Crippen LogP contribution in [0.1, 0.15) is 44.2 Å². The van der Waals surface area contributed by atoms with Gasteiger partial charge in [-0.15, -0.1) is 0 Å². The van der Waals surface area contributed by atoms with Gasteiger partial charge < -0.3 is 10.6 Å². The Balaban J connectivity index is 2.19. The van der Waals surface area contributed by atoms with Gasteiger partial charge in [-0.2, -0.15) is 0 Å². The summed E-state index contributed by atoms with van der Waals surface area (Å²) in [5, 5.41) is 0. The van der Waals surface area contributed by atoms with E-state index in [-0.39, 0.29) is 11.9 Å². The summed E-state index contributed by atoms with van der Waals surface area (Å²) in [5.74, 6) is 0.542. The van der Waals surface area contributed by atoms with E-state index >= 15 is 0 Å². The van der Waals surface area contributed by atoms with Gasteiger partial charge in [-0.1, -0.05) is 25.0 Å². The molecule has 1 aliphatic carbocycles. The van der Waals surface area contributed by atoms with Crippen molar-refractivity contribution in [3.05, 3.63) is 29.6 Å². The first kappa shape index (κ1) is 13.3. The van der Waals surface area contributed by atoms with Gasteiger partial charge in [0.15, 0.2) is 0 Å². The Hall–Kier alpha value is -1.09. The minimum Gasteiger partial charge on any atom is -0.372 e. The Morgan fingerprint density at radius 2 is 2.06 bits per heavy atom. The molecule has 0 bridgehead atoms. The molecule has 1 aromatic carbocycles. The summed E-state index contributed by atoms with van der Waals surface area (Å²) in [6.07, 6.45) is 5.17. The highest BCUT2D eigenvalue weighted by Crippen LogP contribution is 2.31. The highest BCUT2D eigenvalue weighted by atomic mass is 19.1. The zero-order valence-corrected chi connectivity index (χ0v) is 11.3. The number of hydrogen-bond acceptors (Lipinski definition) is 2. The van der Waals surface area contributed by atoms with Gasteiger partial charge in [0.05, 0.1) is 5.69 Å².